The lowest BCUT2D eigenvalue weighted by atomic mass is 10.1. The number of amides is 1. The van der Waals surface area contributed by atoms with Crippen LogP contribution in [0.4, 0.5) is 0 Å². The number of carbonyl (C=O) groups is 1. The average molecular weight is 371 g/mol. The van der Waals surface area contributed by atoms with Gasteiger partial charge in [0.1, 0.15) is 4.32 Å². The van der Waals surface area contributed by atoms with Gasteiger partial charge in [-0.05, 0) is 50.0 Å². The summed E-state index contributed by atoms with van der Waals surface area (Å²) in [5.41, 5.74) is 4.72. The Hall–Kier alpha value is -1.85. The number of benzene rings is 1. The molecule has 3 nitrogen and oxygen atoms in total. The number of nitrogens with zero attached hydrogens (tertiary/aromatic N) is 2. The molecule has 25 heavy (non-hydrogen) atoms. The molecule has 0 spiro atoms. The van der Waals surface area contributed by atoms with Gasteiger partial charge in [0.05, 0.1) is 4.91 Å². The van der Waals surface area contributed by atoms with Crippen LogP contribution in [0.2, 0.25) is 0 Å². The van der Waals surface area contributed by atoms with E-state index in [1.807, 2.05) is 31.3 Å². The standard InChI is InChI=1S/C20H22N2OS2/c1-14-12-17(15(2)21(14)3)13-18-19(23)22(20(24)25-18)11-7-10-16-8-5-4-6-9-16/h4-6,8-9,12-13H,7,10-11H2,1-3H3. The van der Waals surface area contributed by atoms with E-state index in [9.17, 15) is 4.79 Å². The van der Waals surface area contributed by atoms with E-state index in [0.717, 1.165) is 29.0 Å². The SMILES string of the molecule is Cc1cc(C=C2SC(=S)N(CCCc3ccccc3)C2=O)c(C)n1C. The molecule has 130 valence electrons. The minimum atomic E-state index is 0.0315. The zero-order valence-corrected chi connectivity index (χ0v) is 16.4. The van der Waals surface area contributed by atoms with Crippen LogP contribution in [0.3, 0.4) is 0 Å². The van der Waals surface area contributed by atoms with Crippen molar-refractivity contribution < 1.29 is 4.79 Å². The highest BCUT2D eigenvalue weighted by Gasteiger charge is 2.31. The maximum absolute atomic E-state index is 12.7. The van der Waals surface area contributed by atoms with Gasteiger partial charge in [0.25, 0.3) is 5.91 Å². The molecule has 1 aromatic heterocycles. The van der Waals surface area contributed by atoms with Crippen LogP contribution in [0.5, 0.6) is 0 Å². The van der Waals surface area contributed by atoms with Gasteiger partial charge in [-0.1, -0.05) is 54.3 Å². The fourth-order valence-corrected chi connectivity index (χ4v) is 4.25. The van der Waals surface area contributed by atoms with Crippen LogP contribution < -0.4 is 0 Å². The van der Waals surface area contributed by atoms with Crippen LogP contribution in [-0.4, -0.2) is 26.2 Å². The molecule has 0 saturated carbocycles. The summed E-state index contributed by atoms with van der Waals surface area (Å²) in [5.74, 6) is 0.0315. The van der Waals surface area contributed by atoms with Gasteiger partial charge in [0, 0.05) is 25.0 Å². The number of carbonyl (C=O) groups excluding carboxylic acids is 1. The summed E-state index contributed by atoms with van der Waals surface area (Å²) >= 11 is 6.83. The van der Waals surface area contributed by atoms with E-state index in [2.05, 4.69) is 36.6 Å². The molecule has 0 unspecified atom stereocenters. The summed E-state index contributed by atoms with van der Waals surface area (Å²) in [7, 11) is 2.04. The molecule has 0 aliphatic carbocycles. The summed E-state index contributed by atoms with van der Waals surface area (Å²) < 4.78 is 2.79. The van der Waals surface area contributed by atoms with Crippen molar-refractivity contribution >= 4 is 40.3 Å². The van der Waals surface area contributed by atoms with Crippen molar-refractivity contribution in [1.29, 1.82) is 0 Å². The Morgan fingerprint density at radius 3 is 2.56 bits per heavy atom. The lowest BCUT2D eigenvalue weighted by Crippen LogP contribution is -2.29. The Balaban J connectivity index is 1.67. The number of rotatable bonds is 5. The van der Waals surface area contributed by atoms with Gasteiger partial charge in [-0.3, -0.25) is 9.69 Å². The molecule has 2 heterocycles. The van der Waals surface area contributed by atoms with Gasteiger partial charge in [0.15, 0.2) is 0 Å². The molecule has 3 rings (SSSR count). The molecular weight excluding hydrogens is 348 g/mol. The molecule has 0 radical (unpaired) electrons. The number of aryl methyl sites for hydroxylation is 2. The van der Waals surface area contributed by atoms with Crippen molar-refractivity contribution in [2.45, 2.75) is 26.7 Å². The third-order valence-electron chi connectivity index (χ3n) is 4.66. The highest BCUT2D eigenvalue weighted by atomic mass is 32.2. The van der Waals surface area contributed by atoms with Crippen LogP contribution in [0.25, 0.3) is 6.08 Å². The van der Waals surface area contributed by atoms with Gasteiger partial charge in [-0.15, -0.1) is 0 Å². The van der Waals surface area contributed by atoms with Gasteiger partial charge in [-0.25, -0.2) is 0 Å². The van der Waals surface area contributed by atoms with E-state index >= 15 is 0 Å². The van der Waals surface area contributed by atoms with Gasteiger partial charge in [-0.2, -0.15) is 0 Å². The number of aromatic nitrogens is 1. The Bertz CT molecular complexity index is 837. The van der Waals surface area contributed by atoms with Crippen LogP contribution in [-0.2, 0) is 18.3 Å². The first-order chi connectivity index (χ1) is 12.0. The Labute approximate surface area is 158 Å². The maximum atomic E-state index is 12.7. The van der Waals surface area contributed by atoms with Crippen LogP contribution in [0.1, 0.15) is 28.9 Å². The summed E-state index contributed by atoms with van der Waals surface area (Å²) in [4.78, 5) is 15.2. The maximum Gasteiger partial charge on any atom is 0.266 e. The fourth-order valence-electron chi connectivity index (χ4n) is 2.95. The topological polar surface area (TPSA) is 25.2 Å². The molecule has 0 atom stereocenters. The molecule has 1 aromatic carbocycles. The van der Waals surface area contributed by atoms with E-state index in [1.165, 1.54) is 23.0 Å². The van der Waals surface area contributed by atoms with E-state index in [-0.39, 0.29) is 5.91 Å². The minimum Gasteiger partial charge on any atom is -0.352 e. The predicted molar refractivity (Wildman–Crippen MR) is 110 cm³/mol. The quantitative estimate of drug-likeness (QED) is 0.573. The molecule has 1 fully saturated rings. The molecule has 1 aliphatic heterocycles. The van der Waals surface area contributed by atoms with Crippen molar-refractivity contribution in [2.24, 2.45) is 7.05 Å². The number of hydrogen-bond acceptors (Lipinski definition) is 3. The van der Waals surface area contributed by atoms with E-state index in [0.29, 0.717) is 10.9 Å². The minimum absolute atomic E-state index is 0.0315. The third kappa shape index (κ3) is 3.88. The molecular formula is C20H22N2OS2. The first-order valence-corrected chi connectivity index (χ1v) is 9.62. The van der Waals surface area contributed by atoms with Crippen molar-refractivity contribution in [1.82, 2.24) is 9.47 Å². The number of thioether (sulfide) groups is 1. The van der Waals surface area contributed by atoms with E-state index < -0.39 is 0 Å². The number of hydrogen-bond donors (Lipinski definition) is 0. The second kappa shape index (κ2) is 7.58. The monoisotopic (exact) mass is 370 g/mol. The molecule has 1 saturated heterocycles. The summed E-state index contributed by atoms with van der Waals surface area (Å²) in [6, 6.07) is 12.4. The Kier molecular flexibility index (Phi) is 5.45. The van der Waals surface area contributed by atoms with Crippen molar-refractivity contribution in [3.8, 4) is 0 Å². The van der Waals surface area contributed by atoms with Gasteiger partial charge in [0.2, 0.25) is 0 Å². The molecule has 1 amide bonds. The predicted octanol–water partition coefficient (Wildman–Crippen LogP) is 4.48. The van der Waals surface area contributed by atoms with Crippen LogP contribution in [0.15, 0.2) is 41.3 Å². The fraction of sp³-hybridized carbons (Fsp3) is 0.300. The first kappa shape index (κ1) is 18.0. The zero-order valence-electron chi connectivity index (χ0n) is 14.8. The second-order valence-corrected chi connectivity index (χ2v) is 7.98. The van der Waals surface area contributed by atoms with Crippen molar-refractivity contribution in [3.05, 3.63) is 63.8 Å². The normalized spacial score (nSPS) is 16.3. The average Bonchev–Trinajstić information content (AvgIpc) is 3.00. The molecule has 1 aliphatic rings. The van der Waals surface area contributed by atoms with E-state index in [4.69, 9.17) is 12.2 Å². The summed E-state index contributed by atoms with van der Waals surface area (Å²) in [5, 5.41) is 0. The first-order valence-electron chi connectivity index (χ1n) is 8.39. The summed E-state index contributed by atoms with van der Waals surface area (Å²) in [6.45, 7) is 4.81. The second-order valence-electron chi connectivity index (χ2n) is 6.31. The number of thiocarbonyl (C=S) groups is 1. The molecule has 0 N–H and O–H groups in total. The largest absolute Gasteiger partial charge is 0.352 e. The van der Waals surface area contributed by atoms with Gasteiger partial charge < -0.3 is 4.57 Å². The highest BCUT2D eigenvalue weighted by Crippen LogP contribution is 2.33. The lowest BCUT2D eigenvalue weighted by Gasteiger charge is -2.14. The molecule has 0 bridgehead atoms. The molecule has 5 heteroatoms. The van der Waals surface area contributed by atoms with Crippen molar-refractivity contribution in [2.75, 3.05) is 6.54 Å². The van der Waals surface area contributed by atoms with Crippen LogP contribution >= 0.6 is 24.0 Å². The Morgan fingerprint density at radius 1 is 1.20 bits per heavy atom. The molecule has 2 aromatic rings. The lowest BCUT2D eigenvalue weighted by molar-refractivity contribution is -0.122. The smallest absolute Gasteiger partial charge is 0.266 e. The van der Waals surface area contributed by atoms with Crippen LogP contribution in [0, 0.1) is 13.8 Å². The Morgan fingerprint density at radius 2 is 1.92 bits per heavy atom. The van der Waals surface area contributed by atoms with Crippen molar-refractivity contribution in [3.63, 3.8) is 0 Å². The van der Waals surface area contributed by atoms with E-state index in [1.54, 1.807) is 4.90 Å². The summed E-state index contributed by atoms with van der Waals surface area (Å²) in [6.07, 6.45) is 3.83. The van der Waals surface area contributed by atoms with Gasteiger partial charge >= 0.3 is 0 Å². The zero-order chi connectivity index (χ0) is 18.0. The highest BCUT2D eigenvalue weighted by molar-refractivity contribution is 8.26. The third-order valence-corrected chi connectivity index (χ3v) is 6.04.